The largest absolute Gasteiger partial charge is 0.376 e. The molecule has 2 amide bonds. The molecule has 2 aromatic heterocycles. The van der Waals surface area contributed by atoms with E-state index in [0.29, 0.717) is 17.8 Å². The van der Waals surface area contributed by atoms with Gasteiger partial charge in [-0.15, -0.1) is 11.3 Å². The van der Waals surface area contributed by atoms with Crippen LogP contribution in [0, 0.1) is 6.92 Å². The number of anilines is 1. The number of carbonyl (C=O) groups is 2. The molecule has 3 aromatic rings. The highest BCUT2D eigenvalue weighted by molar-refractivity contribution is 7.10. The molecule has 2 unspecified atom stereocenters. The fourth-order valence-electron chi connectivity index (χ4n) is 3.86. The summed E-state index contributed by atoms with van der Waals surface area (Å²) in [5, 5.41) is 4.97. The van der Waals surface area contributed by atoms with E-state index < -0.39 is 6.04 Å². The van der Waals surface area contributed by atoms with Crippen molar-refractivity contribution in [2.45, 2.75) is 38.3 Å². The van der Waals surface area contributed by atoms with Crippen LogP contribution in [0.1, 0.15) is 34.9 Å². The number of nitrogens with zero attached hydrogens (tertiary/aromatic N) is 2. The molecular formula is C25H27N3O3S. The maximum Gasteiger partial charge on any atom is 0.247 e. The van der Waals surface area contributed by atoms with Gasteiger partial charge < -0.3 is 10.1 Å². The summed E-state index contributed by atoms with van der Waals surface area (Å²) in [6.45, 7) is 3.15. The van der Waals surface area contributed by atoms with Crippen molar-refractivity contribution < 1.29 is 14.3 Å². The van der Waals surface area contributed by atoms with Gasteiger partial charge >= 0.3 is 0 Å². The number of hydrogen-bond donors (Lipinski definition) is 1. The Morgan fingerprint density at radius 2 is 2.06 bits per heavy atom. The average Bonchev–Trinajstić information content (AvgIpc) is 3.51. The topological polar surface area (TPSA) is 71.5 Å². The van der Waals surface area contributed by atoms with Crippen molar-refractivity contribution in [3.8, 4) is 0 Å². The summed E-state index contributed by atoms with van der Waals surface area (Å²) in [5.41, 5.74) is 2.43. The number of rotatable bonds is 8. The first-order chi connectivity index (χ1) is 15.6. The number of nitrogens with one attached hydrogen (secondary N) is 1. The molecular weight excluding hydrogens is 422 g/mol. The minimum atomic E-state index is -0.833. The number of thiophene rings is 1. The Bertz CT molecular complexity index is 1020. The number of aryl methyl sites for hydroxylation is 1. The third-order valence-corrected chi connectivity index (χ3v) is 6.40. The molecule has 6 nitrogen and oxygen atoms in total. The molecule has 1 N–H and O–H groups in total. The van der Waals surface area contributed by atoms with Gasteiger partial charge in [0.15, 0.2) is 0 Å². The van der Waals surface area contributed by atoms with Crippen LogP contribution in [0.5, 0.6) is 0 Å². The Morgan fingerprint density at radius 3 is 2.72 bits per heavy atom. The second-order valence-corrected chi connectivity index (χ2v) is 8.96. The summed E-state index contributed by atoms with van der Waals surface area (Å²) < 4.78 is 5.66. The molecule has 0 radical (unpaired) electrons. The summed E-state index contributed by atoms with van der Waals surface area (Å²) in [7, 11) is 0. The monoisotopic (exact) mass is 449 g/mol. The van der Waals surface area contributed by atoms with Gasteiger partial charge in [-0.25, -0.2) is 0 Å². The lowest BCUT2D eigenvalue weighted by Gasteiger charge is -2.31. The Balaban J connectivity index is 1.68. The Hall–Kier alpha value is -3.03. The lowest BCUT2D eigenvalue weighted by atomic mass is 10.0. The molecule has 1 aliphatic rings. The lowest BCUT2D eigenvalue weighted by Crippen LogP contribution is -2.46. The lowest BCUT2D eigenvalue weighted by molar-refractivity contribution is -0.126. The highest BCUT2D eigenvalue weighted by atomic mass is 32.1. The quantitative estimate of drug-likeness (QED) is 0.563. The molecule has 1 saturated heterocycles. The van der Waals surface area contributed by atoms with Gasteiger partial charge in [0, 0.05) is 41.7 Å². The van der Waals surface area contributed by atoms with Crippen LogP contribution in [0.3, 0.4) is 0 Å². The molecule has 3 heterocycles. The summed E-state index contributed by atoms with van der Waals surface area (Å²) in [4.78, 5) is 33.9. The predicted octanol–water partition coefficient (Wildman–Crippen LogP) is 4.06. The van der Waals surface area contributed by atoms with Crippen molar-refractivity contribution in [3.63, 3.8) is 0 Å². The van der Waals surface area contributed by atoms with Crippen molar-refractivity contribution in [2.75, 3.05) is 18.1 Å². The maximum absolute atomic E-state index is 13.6. The van der Waals surface area contributed by atoms with Crippen molar-refractivity contribution in [2.24, 2.45) is 0 Å². The van der Waals surface area contributed by atoms with Crippen LogP contribution in [-0.4, -0.2) is 36.1 Å². The summed E-state index contributed by atoms with van der Waals surface area (Å²) >= 11 is 1.53. The van der Waals surface area contributed by atoms with Gasteiger partial charge in [0.25, 0.3) is 0 Å². The molecule has 166 valence electrons. The van der Waals surface area contributed by atoms with E-state index in [0.717, 1.165) is 29.9 Å². The van der Waals surface area contributed by atoms with Gasteiger partial charge in [-0.3, -0.25) is 19.5 Å². The van der Waals surface area contributed by atoms with E-state index in [9.17, 15) is 9.59 Å². The van der Waals surface area contributed by atoms with E-state index in [2.05, 4.69) is 10.3 Å². The SMILES string of the molecule is Cc1ccc(N(C(=O)Cc2cccs2)C(C(=O)NCC2CCCO2)c2cccnc2)cc1. The van der Waals surface area contributed by atoms with Gasteiger partial charge in [0.1, 0.15) is 6.04 Å². The van der Waals surface area contributed by atoms with Gasteiger partial charge in [0.05, 0.1) is 12.5 Å². The minimum absolute atomic E-state index is 0.0168. The molecule has 1 fully saturated rings. The standard InChI is InChI=1S/C25H27N3O3S/c1-18-8-10-20(11-9-18)28(23(29)15-22-7-4-14-32-22)24(19-5-2-12-26-16-19)25(30)27-17-21-6-3-13-31-21/h2,4-5,7-12,14,16,21,24H,3,6,13,15,17H2,1H3,(H,27,30). The van der Waals surface area contributed by atoms with Crippen LogP contribution in [-0.2, 0) is 20.7 Å². The van der Waals surface area contributed by atoms with Gasteiger partial charge in [0.2, 0.25) is 11.8 Å². The molecule has 0 aliphatic carbocycles. The van der Waals surface area contributed by atoms with E-state index >= 15 is 0 Å². The molecule has 0 saturated carbocycles. The van der Waals surface area contributed by atoms with Crippen LogP contribution >= 0.6 is 11.3 Å². The Morgan fingerprint density at radius 1 is 1.22 bits per heavy atom. The number of pyridine rings is 1. The maximum atomic E-state index is 13.6. The fourth-order valence-corrected chi connectivity index (χ4v) is 4.56. The minimum Gasteiger partial charge on any atom is -0.376 e. The second kappa shape index (κ2) is 10.5. The summed E-state index contributed by atoms with van der Waals surface area (Å²) in [5.74, 6) is -0.383. The summed E-state index contributed by atoms with van der Waals surface area (Å²) in [6.07, 6.45) is 5.48. The number of benzene rings is 1. The van der Waals surface area contributed by atoms with E-state index in [1.807, 2.05) is 54.8 Å². The normalized spacial score (nSPS) is 16.5. The number of aromatic nitrogens is 1. The third-order valence-electron chi connectivity index (χ3n) is 5.52. The van der Waals surface area contributed by atoms with Crippen LogP contribution in [0.15, 0.2) is 66.3 Å². The van der Waals surface area contributed by atoms with Gasteiger partial charge in [-0.1, -0.05) is 29.8 Å². The summed E-state index contributed by atoms with van der Waals surface area (Å²) in [6, 6.07) is 14.3. The van der Waals surface area contributed by atoms with Crippen molar-refractivity contribution in [3.05, 3.63) is 82.3 Å². The second-order valence-electron chi connectivity index (χ2n) is 7.92. The molecule has 7 heteroatoms. The first-order valence-electron chi connectivity index (χ1n) is 10.8. The predicted molar refractivity (Wildman–Crippen MR) is 126 cm³/mol. The van der Waals surface area contributed by atoms with Crippen LogP contribution in [0.2, 0.25) is 0 Å². The van der Waals surface area contributed by atoms with Crippen molar-refractivity contribution in [1.29, 1.82) is 0 Å². The third kappa shape index (κ3) is 5.41. The van der Waals surface area contributed by atoms with E-state index in [1.165, 1.54) is 11.3 Å². The molecule has 1 aromatic carbocycles. The zero-order valence-corrected chi connectivity index (χ0v) is 18.9. The van der Waals surface area contributed by atoms with E-state index in [1.54, 1.807) is 23.4 Å². The number of amides is 2. The van der Waals surface area contributed by atoms with Crippen molar-refractivity contribution >= 4 is 28.8 Å². The average molecular weight is 450 g/mol. The molecule has 1 aliphatic heterocycles. The number of hydrogen-bond acceptors (Lipinski definition) is 5. The molecule has 0 spiro atoms. The van der Waals surface area contributed by atoms with Crippen LogP contribution in [0.4, 0.5) is 5.69 Å². The molecule has 32 heavy (non-hydrogen) atoms. The highest BCUT2D eigenvalue weighted by Crippen LogP contribution is 2.29. The Kier molecular flexibility index (Phi) is 7.29. The van der Waals surface area contributed by atoms with E-state index in [-0.39, 0.29) is 24.3 Å². The molecule has 2 atom stereocenters. The Labute approximate surface area is 192 Å². The highest BCUT2D eigenvalue weighted by Gasteiger charge is 2.33. The number of ether oxygens (including phenoxy) is 1. The molecule has 4 rings (SSSR count). The molecule has 0 bridgehead atoms. The zero-order chi connectivity index (χ0) is 22.3. The smallest absolute Gasteiger partial charge is 0.247 e. The van der Waals surface area contributed by atoms with Crippen LogP contribution < -0.4 is 10.2 Å². The van der Waals surface area contributed by atoms with Crippen LogP contribution in [0.25, 0.3) is 0 Å². The first kappa shape index (κ1) is 22.2. The fraction of sp³-hybridized carbons (Fsp3) is 0.320. The van der Waals surface area contributed by atoms with E-state index in [4.69, 9.17) is 4.74 Å². The first-order valence-corrected chi connectivity index (χ1v) is 11.7. The number of carbonyl (C=O) groups excluding carboxylic acids is 2. The zero-order valence-electron chi connectivity index (χ0n) is 18.1. The van der Waals surface area contributed by atoms with Gasteiger partial charge in [-0.05, 0) is 49.4 Å². The van der Waals surface area contributed by atoms with Gasteiger partial charge in [-0.2, -0.15) is 0 Å². The van der Waals surface area contributed by atoms with Crippen molar-refractivity contribution in [1.82, 2.24) is 10.3 Å².